The lowest BCUT2D eigenvalue weighted by Crippen LogP contribution is -2.34. The second-order valence-corrected chi connectivity index (χ2v) is 9.93. The molecule has 0 aliphatic carbocycles. The van der Waals surface area contributed by atoms with Gasteiger partial charge in [-0.05, 0) is 68.2 Å². The highest BCUT2D eigenvalue weighted by Gasteiger charge is 2.22. The second kappa shape index (κ2) is 9.44. The molecular formula is C28H27Cl2N3O. The summed E-state index contributed by atoms with van der Waals surface area (Å²) >= 11 is 13.4. The van der Waals surface area contributed by atoms with Gasteiger partial charge in [-0.2, -0.15) is 0 Å². The van der Waals surface area contributed by atoms with E-state index in [0.29, 0.717) is 22.5 Å². The highest BCUT2D eigenvalue weighted by Crippen LogP contribution is 2.34. The summed E-state index contributed by atoms with van der Waals surface area (Å²) in [5.74, 6) is 1.25. The molecule has 0 atom stereocenters. The Hall–Kier alpha value is -2.82. The van der Waals surface area contributed by atoms with Crippen molar-refractivity contribution in [3.05, 3.63) is 98.1 Å². The van der Waals surface area contributed by atoms with Crippen LogP contribution in [0.2, 0.25) is 10.0 Å². The standard InChI is InChI=1S/C28H27Cl2N3O/c1-18-15-27(34)33(19(2)31-18)23-9-10-26(25(29)17-23)32-13-11-20(12-14-32)16-22-8-7-21-5-3-4-6-24(21)28(22)30/h3-10,15,17,20H,11-14,16H2,1-2H3. The molecule has 1 aromatic heterocycles. The van der Waals surface area contributed by atoms with Gasteiger partial charge in [0, 0.05) is 30.2 Å². The Morgan fingerprint density at radius 1 is 0.971 bits per heavy atom. The molecule has 0 N–H and O–H groups in total. The molecule has 0 bridgehead atoms. The average Bonchev–Trinajstić information content (AvgIpc) is 2.81. The van der Waals surface area contributed by atoms with E-state index in [1.807, 2.05) is 44.2 Å². The molecule has 34 heavy (non-hydrogen) atoms. The van der Waals surface area contributed by atoms with Crippen LogP contribution in [-0.2, 0) is 6.42 Å². The maximum absolute atomic E-state index is 12.5. The number of benzene rings is 3. The molecule has 4 nitrogen and oxygen atoms in total. The Labute approximate surface area is 209 Å². The van der Waals surface area contributed by atoms with Gasteiger partial charge >= 0.3 is 0 Å². The van der Waals surface area contributed by atoms with Gasteiger partial charge in [-0.25, -0.2) is 4.98 Å². The molecule has 0 amide bonds. The van der Waals surface area contributed by atoms with Crippen LogP contribution in [0.1, 0.15) is 29.9 Å². The third-order valence-corrected chi connectivity index (χ3v) is 7.56. The number of hydrogen-bond acceptors (Lipinski definition) is 3. The van der Waals surface area contributed by atoms with Gasteiger partial charge in [-0.3, -0.25) is 9.36 Å². The second-order valence-electron chi connectivity index (χ2n) is 9.15. The first-order valence-corrected chi connectivity index (χ1v) is 12.4. The normalized spacial score (nSPS) is 14.6. The fourth-order valence-electron chi connectivity index (χ4n) is 5.07. The van der Waals surface area contributed by atoms with Gasteiger partial charge in [-0.1, -0.05) is 59.6 Å². The van der Waals surface area contributed by atoms with E-state index >= 15 is 0 Å². The molecule has 0 saturated carbocycles. The van der Waals surface area contributed by atoms with Crippen molar-refractivity contribution in [2.75, 3.05) is 18.0 Å². The maximum atomic E-state index is 12.5. The van der Waals surface area contributed by atoms with E-state index < -0.39 is 0 Å². The summed E-state index contributed by atoms with van der Waals surface area (Å²) in [5.41, 5.74) is 3.60. The van der Waals surface area contributed by atoms with Crippen molar-refractivity contribution in [1.29, 1.82) is 0 Å². The van der Waals surface area contributed by atoms with Crippen LogP contribution in [0.3, 0.4) is 0 Å². The lowest BCUT2D eigenvalue weighted by molar-refractivity contribution is 0.404. The molecule has 174 valence electrons. The number of halogens is 2. The van der Waals surface area contributed by atoms with Crippen molar-refractivity contribution in [3.63, 3.8) is 0 Å². The molecule has 3 aromatic carbocycles. The van der Waals surface area contributed by atoms with Crippen LogP contribution < -0.4 is 10.5 Å². The minimum atomic E-state index is -0.0954. The molecule has 0 spiro atoms. The molecule has 0 unspecified atom stereocenters. The fraction of sp³-hybridized carbons (Fsp3) is 0.286. The van der Waals surface area contributed by atoms with Crippen LogP contribution in [0.5, 0.6) is 0 Å². The summed E-state index contributed by atoms with van der Waals surface area (Å²) in [6.45, 7) is 5.55. The Bertz CT molecular complexity index is 1420. The van der Waals surface area contributed by atoms with E-state index in [1.54, 1.807) is 10.6 Å². The number of anilines is 1. The van der Waals surface area contributed by atoms with E-state index in [0.717, 1.165) is 54.1 Å². The molecule has 0 radical (unpaired) electrons. The summed E-state index contributed by atoms with van der Waals surface area (Å²) in [6, 6.07) is 20.0. The van der Waals surface area contributed by atoms with Crippen LogP contribution in [0.4, 0.5) is 5.69 Å². The van der Waals surface area contributed by atoms with Crippen molar-refractivity contribution < 1.29 is 0 Å². The van der Waals surface area contributed by atoms with Crippen molar-refractivity contribution in [3.8, 4) is 5.69 Å². The first-order chi connectivity index (χ1) is 16.4. The largest absolute Gasteiger partial charge is 0.370 e. The molecule has 1 aliphatic rings. The monoisotopic (exact) mass is 491 g/mol. The average molecular weight is 492 g/mol. The smallest absolute Gasteiger partial charge is 0.258 e. The van der Waals surface area contributed by atoms with Gasteiger partial charge in [0.15, 0.2) is 0 Å². The highest BCUT2D eigenvalue weighted by molar-refractivity contribution is 6.36. The molecule has 1 aliphatic heterocycles. The van der Waals surface area contributed by atoms with E-state index in [9.17, 15) is 4.79 Å². The van der Waals surface area contributed by atoms with Crippen molar-refractivity contribution in [2.24, 2.45) is 5.92 Å². The number of piperidine rings is 1. The number of hydrogen-bond donors (Lipinski definition) is 0. The number of rotatable bonds is 4. The number of aromatic nitrogens is 2. The van der Waals surface area contributed by atoms with Crippen molar-refractivity contribution in [2.45, 2.75) is 33.1 Å². The van der Waals surface area contributed by atoms with Crippen molar-refractivity contribution >= 4 is 39.7 Å². The van der Waals surface area contributed by atoms with Crippen LogP contribution in [-0.4, -0.2) is 22.6 Å². The Balaban J connectivity index is 1.29. The van der Waals surface area contributed by atoms with E-state index in [-0.39, 0.29) is 5.56 Å². The minimum Gasteiger partial charge on any atom is -0.370 e. The zero-order valence-electron chi connectivity index (χ0n) is 19.4. The SMILES string of the molecule is Cc1cc(=O)n(-c2ccc(N3CCC(Cc4ccc5ccccc5c4Cl)CC3)c(Cl)c2)c(C)n1. The first kappa shape index (κ1) is 22.9. The zero-order valence-corrected chi connectivity index (χ0v) is 20.9. The Morgan fingerprint density at radius 2 is 1.74 bits per heavy atom. The van der Waals surface area contributed by atoms with E-state index in [1.165, 1.54) is 10.9 Å². The van der Waals surface area contributed by atoms with Crippen LogP contribution in [0, 0.1) is 19.8 Å². The molecule has 2 heterocycles. The summed E-state index contributed by atoms with van der Waals surface area (Å²) in [4.78, 5) is 19.3. The maximum Gasteiger partial charge on any atom is 0.258 e. The molecule has 1 saturated heterocycles. The van der Waals surface area contributed by atoms with Crippen molar-refractivity contribution in [1.82, 2.24) is 9.55 Å². The summed E-state index contributed by atoms with van der Waals surface area (Å²) in [6.07, 6.45) is 3.16. The third kappa shape index (κ3) is 4.45. The summed E-state index contributed by atoms with van der Waals surface area (Å²) in [5, 5.41) is 3.85. The molecule has 4 aromatic rings. The van der Waals surface area contributed by atoms with Gasteiger partial charge in [0.05, 0.1) is 21.4 Å². The van der Waals surface area contributed by atoms with Crippen LogP contribution in [0.15, 0.2) is 65.5 Å². The van der Waals surface area contributed by atoms with E-state index in [4.69, 9.17) is 23.2 Å². The van der Waals surface area contributed by atoms with E-state index in [2.05, 4.69) is 34.1 Å². The molecule has 6 heteroatoms. The number of nitrogens with zero attached hydrogens (tertiary/aromatic N) is 3. The molecule has 5 rings (SSSR count). The zero-order chi connectivity index (χ0) is 23.8. The topological polar surface area (TPSA) is 38.1 Å². The summed E-state index contributed by atoms with van der Waals surface area (Å²) in [7, 11) is 0. The predicted molar refractivity (Wildman–Crippen MR) is 142 cm³/mol. The Morgan fingerprint density at radius 3 is 2.47 bits per heavy atom. The van der Waals surface area contributed by atoms with Crippen LogP contribution >= 0.6 is 23.2 Å². The Kier molecular flexibility index (Phi) is 6.37. The fourth-order valence-corrected chi connectivity index (χ4v) is 5.68. The summed E-state index contributed by atoms with van der Waals surface area (Å²) < 4.78 is 1.60. The molecular weight excluding hydrogens is 465 g/mol. The quantitative estimate of drug-likeness (QED) is 0.316. The third-order valence-electron chi connectivity index (χ3n) is 6.81. The first-order valence-electron chi connectivity index (χ1n) is 11.7. The van der Waals surface area contributed by atoms with Gasteiger partial charge in [0.2, 0.25) is 0 Å². The van der Waals surface area contributed by atoms with Gasteiger partial charge < -0.3 is 4.90 Å². The predicted octanol–water partition coefficient (Wildman–Crippen LogP) is 6.77. The van der Waals surface area contributed by atoms with Gasteiger partial charge in [0.25, 0.3) is 5.56 Å². The molecule has 1 fully saturated rings. The minimum absolute atomic E-state index is 0.0954. The lowest BCUT2D eigenvalue weighted by atomic mass is 9.89. The number of aryl methyl sites for hydroxylation is 2. The van der Waals surface area contributed by atoms with Gasteiger partial charge in [-0.15, -0.1) is 0 Å². The highest BCUT2D eigenvalue weighted by atomic mass is 35.5. The van der Waals surface area contributed by atoms with Crippen LogP contribution in [0.25, 0.3) is 16.5 Å². The lowest BCUT2D eigenvalue weighted by Gasteiger charge is -2.34. The number of fused-ring (bicyclic) bond motifs is 1. The van der Waals surface area contributed by atoms with Gasteiger partial charge in [0.1, 0.15) is 5.82 Å².